The topological polar surface area (TPSA) is 66.0 Å². The largest absolute Gasteiger partial charge is 0.413 e. The van der Waals surface area contributed by atoms with Crippen LogP contribution in [-0.4, -0.2) is 22.9 Å². The Balaban J connectivity index is 1.94. The zero-order valence-corrected chi connectivity index (χ0v) is 17.3. The van der Waals surface area contributed by atoms with Gasteiger partial charge in [-0.3, -0.25) is 0 Å². The Kier molecular flexibility index (Phi) is 5.01. The lowest BCUT2D eigenvalue weighted by Crippen LogP contribution is -2.40. The van der Waals surface area contributed by atoms with Crippen molar-refractivity contribution in [3.63, 3.8) is 0 Å². The van der Waals surface area contributed by atoms with Gasteiger partial charge in [0.15, 0.2) is 8.32 Å². The summed E-state index contributed by atoms with van der Waals surface area (Å²) in [4.78, 5) is 8.58. The molecule has 0 saturated heterocycles. The number of aromatic nitrogens is 3. The summed E-state index contributed by atoms with van der Waals surface area (Å²) in [6.45, 7) is 12.4. The first kappa shape index (κ1) is 18.8. The van der Waals surface area contributed by atoms with E-state index in [0.717, 1.165) is 17.0 Å². The first-order chi connectivity index (χ1) is 12.2. The smallest absolute Gasteiger partial charge is 0.192 e. The molecule has 0 unspecified atom stereocenters. The van der Waals surface area contributed by atoms with Crippen LogP contribution in [0.2, 0.25) is 18.1 Å². The van der Waals surface area contributed by atoms with Gasteiger partial charge in [0.25, 0.3) is 0 Å². The van der Waals surface area contributed by atoms with E-state index in [-0.39, 0.29) is 5.04 Å². The van der Waals surface area contributed by atoms with Crippen LogP contribution in [0.25, 0.3) is 16.7 Å². The van der Waals surface area contributed by atoms with Crippen LogP contribution in [0.1, 0.15) is 32.0 Å². The molecule has 0 atom stereocenters. The number of hydrogen-bond donors (Lipinski definition) is 1. The van der Waals surface area contributed by atoms with Gasteiger partial charge in [-0.05, 0) is 35.8 Å². The van der Waals surface area contributed by atoms with E-state index < -0.39 is 8.32 Å². The molecule has 0 amide bonds. The summed E-state index contributed by atoms with van der Waals surface area (Å²) in [6.07, 6.45) is 3.61. The average Bonchev–Trinajstić information content (AvgIpc) is 3.03. The van der Waals surface area contributed by atoms with E-state index in [2.05, 4.69) is 72.7 Å². The van der Waals surface area contributed by atoms with Crippen molar-refractivity contribution in [2.45, 2.75) is 52.1 Å². The molecule has 5 nitrogen and oxygen atoms in total. The van der Waals surface area contributed by atoms with Crippen molar-refractivity contribution in [3.8, 4) is 5.82 Å². The first-order valence-corrected chi connectivity index (χ1v) is 11.9. The van der Waals surface area contributed by atoms with E-state index in [0.29, 0.717) is 13.2 Å². The number of rotatable bonds is 5. The van der Waals surface area contributed by atoms with Crippen molar-refractivity contribution in [1.29, 1.82) is 0 Å². The maximum absolute atomic E-state index is 6.43. The number of benzene rings is 1. The Morgan fingerprint density at radius 2 is 1.92 bits per heavy atom. The van der Waals surface area contributed by atoms with Gasteiger partial charge in [-0.1, -0.05) is 32.9 Å². The lowest BCUT2D eigenvalue weighted by molar-refractivity contribution is 0.277. The van der Waals surface area contributed by atoms with E-state index in [1.165, 1.54) is 10.9 Å². The van der Waals surface area contributed by atoms with Gasteiger partial charge in [0, 0.05) is 24.2 Å². The molecule has 0 saturated carbocycles. The third-order valence-electron chi connectivity index (χ3n) is 5.38. The summed E-state index contributed by atoms with van der Waals surface area (Å²) in [5.74, 6) is 0.831. The van der Waals surface area contributed by atoms with Crippen LogP contribution in [0, 0.1) is 0 Å². The summed E-state index contributed by atoms with van der Waals surface area (Å²) >= 11 is 0. The van der Waals surface area contributed by atoms with E-state index in [1.54, 1.807) is 6.33 Å². The summed E-state index contributed by atoms with van der Waals surface area (Å²) in [6, 6.07) is 10.4. The molecule has 26 heavy (non-hydrogen) atoms. The molecule has 0 bridgehead atoms. The second-order valence-corrected chi connectivity index (χ2v) is 13.0. The highest BCUT2D eigenvalue weighted by molar-refractivity contribution is 6.74. The van der Waals surface area contributed by atoms with Gasteiger partial charge in [0.2, 0.25) is 0 Å². The van der Waals surface area contributed by atoms with Crippen LogP contribution in [0.3, 0.4) is 0 Å². The summed E-state index contributed by atoms with van der Waals surface area (Å²) in [7, 11) is -1.79. The van der Waals surface area contributed by atoms with Gasteiger partial charge in [-0.15, -0.1) is 0 Å². The van der Waals surface area contributed by atoms with E-state index in [4.69, 9.17) is 10.2 Å². The van der Waals surface area contributed by atoms with Crippen molar-refractivity contribution in [2.75, 3.05) is 0 Å². The molecule has 0 aliphatic heterocycles. The molecular weight excluding hydrogens is 340 g/mol. The van der Waals surface area contributed by atoms with Gasteiger partial charge in [0.1, 0.15) is 12.1 Å². The Bertz CT molecular complexity index is 912. The van der Waals surface area contributed by atoms with E-state index in [9.17, 15) is 0 Å². The van der Waals surface area contributed by atoms with Crippen LogP contribution >= 0.6 is 0 Å². The summed E-state index contributed by atoms with van der Waals surface area (Å²) in [5.41, 5.74) is 8.86. The monoisotopic (exact) mass is 368 g/mol. The van der Waals surface area contributed by atoms with E-state index in [1.807, 2.05) is 12.3 Å². The normalized spacial score (nSPS) is 12.7. The van der Waals surface area contributed by atoms with Crippen molar-refractivity contribution in [3.05, 3.63) is 54.1 Å². The molecule has 138 valence electrons. The minimum atomic E-state index is -1.79. The minimum absolute atomic E-state index is 0.201. The molecule has 0 fully saturated rings. The average molecular weight is 369 g/mol. The summed E-state index contributed by atoms with van der Waals surface area (Å²) in [5, 5.41) is 1.39. The molecule has 1 aromatic carbocycles. The van der Waals surface area contributed by atoms with Crippen LogP contribution in [0.15, 0.2) is 42.9 Å². The molecule has 2 aromatic heterocycles. The molecule has 3 rings (SSSR count). The van der Waals surface area contributed by atoms with Crippen molar-refractivity contribution < 1.29 is 4.43 Å². The fourth-order valence-corrected chi connectivity index (χ4v) is 3.61. The van der Waals surface area contributed by atoms with Gasteiger partial charge < -0.3 is 14.7 Å². The van der Waals surface area contributed by atoms with Crippen molar-refractivity contribution in [2.24, 2.45) is 5.73 Å². The van der Waals surface area contributed by atoms with E-state index >= 15 is 0 Å². The second-order valence-electron chi connectivity index (χ2n) is 8.16. The molecule has 0 spiro atoms. The third kappa shape index (κ3) is 3.58. The zero-order chi connectivity index (χ0) is 18.9. The maximum Gasteiger partial charge on any atom is 0.192 e. The van der Waals surface area contributed by atoms with Crippen LogP contribution in [0.5, 0.6) is 0 Å². The number of nitrogens with two attached hydrogens (primary N) is 1. The Morgan fingerprint density at radius 1 is 1.15 bits per heavy atom. The van der Waals surface area contributed by atoms with Crippen LogP contribution < -0.4 is 5.73 Å². The number of hydrogen-bond acceptors (Lipinski definition) is 4. The van der Waals surface area contributed by atoms with Crippen LogP contribution in [-0.2, 0) is 17.6 Å². The molecular formula is C20H28N4OSi. The fraction of sp³-hybridized carbons (Fsp3) is 0.400. The molecule has 0 aliphatic carbocycles. The molecule has 3 aromatic rings. The predicted octanol–water partition coefficient (Wildman–Crippen LogP) is 4.40. The fourth-order valence-electron chi connectivity index (χ4n) is 2.66. The lowest BCUT2D eigenvalue weighted by Gasteiger charge is -2.36. The van der Waals surface area contributed by atoms with Crippen LogP contribution in [0.4, 0.5) is 0 Å². The number of nitrogens with zero attached hydrogens (tertiary/aromatic N) is 3. The highest BCUT2D eigenvalue weighted by Gasteiger charge is 2.37. The molecule has 2 N–H and O–H groups in total. The quantitative estimate of drug-likeness (QED) is 0.678. The molecule has 0 aliphatic rings. The SMILES string of the molecule is CC(C)(C)[Si](C)(C)OCc1cccc2c1ccn2-c1cc(CN)ncn1. The van der Waals surface area contributed by atoms with Crippen molar-refractivity contribution >= 4 is 19.2 Å². The van der Waals surface area contributed by atoms with Gasteiger partial charge in [0.05, 0.1) is 17.8 Å². The zero-order valence-electron chi connectivity index (χ0n) is 16.3. The molecule has 6 heteroatoms. The Morgan fingerprint density at radius 3 is 2.62 bits per heavy atom. The Labute approximate surface area is 156 Å². The van der Waals surface area contributed by atoms with Gasteiger partial charge in [-0.2, -0.15) is 0 Å². The van der Waals surface area contributed by atoms with Crippen molar-refractivity contribution in [1.82, 2.24) is 14.5 Å². The molecule has 0 radical (unpaired) electrons. The third-order valence-corrected chi connectivity index (χ3v) is 9.86. The summed E-state index contributed by atoms with van der Waals surface area (Å²) < 4.78 is 8.50. The second kappa shape index (κ2) is 6.94. The lowest BCUT2D eigenvalue weighted by atomic mass is 10.1. The molecule has 2 heterocycles. The maximum atomic E-state index is 6.43. The number of fused-ring (bicyclic) bond motifs is 1. The van der Waals surface area contributed by atoms with Gasteiger partial charge >= 0.3 is 0 Å². The first-order valence-electron chi connectivity index (χ1n) is 8.97. The minimum Gasteiger partial charge on any atom is -0.413 e. The van der Waals surface area contributed by atoms with Gasteiger partial charge in [-0.25, -0.2) is 9.97 Å². The highest BCUT2D eigenvalue weighted by Crippen LogP contribution is 2.37. The predicted molar refractivity (Wildman–Crippen MR) is 109 cm³/mol. The Hall–Kier alpha value is -2.02. The standard InChI is InChI=1S/C20H28N4OSi/c1-20(2,3)26(4,5)25-13-15-7-6-8-18-17(15)9-10-24(18)19-11-16(12-21)22-14-23-19/h6-11,14H,12-13,21H2,1-5H3. The highest BCUT2D eigenvalue weighted by atomic mass is 28.4.